The molecule has 0 aliphatic carbocycles. The van der Waals surface area contributed by atoms with Gasteiger partial charge in [-0.15, -0.1) is 0 Å². The van der Waals surface area contributed by atoms with E-state index >= 15 is 0 Å². The summed E-state index contributed by atoms with van der Waals surface area (Å²) in [6, 6.07) is 6.93. The predicted octanol–water partition coefficient (Wildman–Crippen LogP) is 2.33. The van der Waals surface area contributed by atoms with Crippen LogP contribution in [0.15, 0.2) is 36.7 Å². The number of fused-ring (bicyclic) bond motifs is 1. The minimum absolute atomic E-state index is 0.288. The van der Waals surface area contributed by atoms with Gasteiger partial charge in [0.05, 0.1) is 16.6 Å². The average molecular weight is 284 g/mol. The van der Waals surface area contributed by atoms with Gasteiger partial charge in [-0.1, -0.05) is 0 Å². The number of hydrogen-bond acceptors (Lipinski definition) is 3. The van der Waals surface area contributed by atoms with E-state index in [1.165, 1.54) is 0 Å². The molecule has 2 aromatic heterocycles. The van der Waals surface area contributed by atoms with Crippen LogP contribution in [0.4, 0.5) is 0 Å². The predicted molar refractivity (Wildman–Crippen MR) is 78.3 cm³/mol. The van der Waals surface area contributed by atoms with Crippen LogP contribution in [0.3, 0.4) is 0 Å². The molecular weight excluding hydrogens is 268 g/mol. The molecule has 3 rings (SSSR count). The number of rotatable bonds is 5. The lowest BCUT2D eigenvalue weighted by atomic mass is 10.2. The smallest absolute Gasteiger partial charge is 0.335 e. The topological polar surface area (TPSA) is 72.9 Å². The van der Waals surface area contributed by atoms with Gasteiger partial charge < -0.3 is 9.67 Å². The SMILES string of the molecule is Cc1nc2ccc(C(=O)O)cc2n1CCCn1cccn1. The molecule has 6 heteroatoms. The molecule has 0 radical (unpaired) electrons. The summed E-state index contributed by atoms with van der Waals surface area (Å²) in [6.07, 6.45) is 4.60. The summed E-state index contributed by atoms with van der Waals surface area (Å²) in [7, 11) is 0. The fraction of sp³-hybridized carbons (Fsp3) is 0.267. The Morgan fingerprint density at radius 3 is 2.90 bits per heavy atom. The molecule has 0 spiro atoms. The van der Waals surface area contributed by atoms with Crippen LogP contribution in [-0.4, -0.2) is 30.4 Å². The van der Waals surface area contributed by atoms with E-state index in [2.05, 4.69) is 14.6 Å². The highest BCUT2D eigenvalue weighted by atomic mass is 16.4. The van der Waals surface area contributed by atoms with E-state index in [9.17, 15) is 4.79 Å². The van der Waals surface area contributed by atoms with Gasteiger partial charge in [-0.2, -0.15) is 5.10 Å². The van der Waals surface area contributed by atoms with Crippen molar-refractivity contribution in [3.05, 3.63) is 48.0 Å². The molecule has 6 nitrogen and oxygen atoms in total. The minimum Gasteiger partial charge on any atom is -0.478 e. The zero-order chi connectivity index (χ0) is 14.8. The zero-order valence-electron chi connectivity index (χ0n) is 11.7. The average Bonchev–Trinajstić information content (AvgIpc) is 3.06. The summed E-state index contributed by atoms with van der Waals surface area (Å²) in [5, 5.41) is 13.3. The van der Waals surface area contributed by atoms with Gasteiger partial charge in [-0.25, -0.2) is 9.78 Å². The molecule has 0 saturated heterocycles. The number of carbonyl (C=O) groups is 1. The van der Waals surface area contributed by atoms with Gasteiger partial charge >= 0.3 is 5.97 Å². The van der Waals surface area contributed by atoms with Crippen molar-refractivity contribution in [1.82, 2.24) is 19.3 Å². The Hall–Kier alpha value is -2.63. The molecule has 0 saturated carbocycles. The lowest BCUT2D eigenvalue weighted by Gasteiger charge is -2.07. The first-order valence-corrected chi connectivity index (χ1v) is 6.83. The summed E-state index contributed by atoms with van der Waals surface area (Å²) in [5.74, 6) is -0.0214. The molecule has 21 heavy (non-hydrogen) atoms. The van der Waals surface area contributed by atoms with Gasteiger partial charge in [-0.05, 0) is 37.6 Å². The van der Waals surface area contributed by atoms with Crippen molar-refractivity contribution in [3.8, 4) is 0 Å². The fourth-order valence-electron chi connectivity index (χ4n) is 2.48. The first kappa shape index (κ1) is 13.4. The number of carboxylic acids is 1. The van der Waals surface area contributed by atoms with E-state index in [0.29, 0.717) is 0 Å². The molecule has 2 heterocycles. The van der Waals surface area contributed by atoms with Crippen LogP contribution in [0.1, 0.15) is 22.6 Å². The van der Waals surface area contributed by atoms with Gasteiger partial charge in [0, 0.05) is 25.5 Å². The van der Waals surface area contributed by atoms with Gasteiger partial charge in [-0.3, -0.25) is 4.68 Å². The Kier molecular flexibility index (Phi) is 3.43. The van der Waals surface area contributed by atoms with Crippen molar-refractivity contribution in [2.75, 3.05) is 0 Å². The quantitative estimate of drug-likeness (QED) is 0.780. The lowest BCUT2D eigenvalue weighted by Crippen LogP contribution is -2.06. The monoisotopic (exact) mass is 284 g/mol. The van der Waals surface area contributed by atoms with Crippen LogP contribution < -0.4 is 0 Å². The van der Waals surface area contributed by atoms with Crippen molar-refractivity contribution >= 4 is 17.0 Å². The zero-order valence-corrected chi connectivity index (χ0v) is 11.7. The van der Waals surface area contributed by atoms with Gasteiger partial charge in [0.2, 0.25) is 0 Å². The standard InChI is InChI=1S/C15H16N4O2/c1-11-17-13-5-4-12(15(20)21)10-14(13)19(11)9-3-8-18-7-2-6-16-18/h2,4-7,10H,3,8-9H2,1H3,(H,20,21). The molecule has 108 valence electrons. The normalized spacial score (nSPS) is 11.1. The van der Waals surface area contributed by atoms with Crippen LogP contribution >= 0.6 is 0 Å². The maximum atomic E-state index is 11.1. The highest BCUT2D eigenvalue weighted by Crippen LogP contribution is 2.18. The van der Waals surface area contributed by atoms with Gasteiger partial charge in [0.1, 0.15) is 5.82 Å². The lowest BCUT2D eigenvalue weighted by molar-refractivity contribution is 0.0697. The van der Waals surface area contributed by atoms with Crippen LogP contribution in [0, 0.1) is 6.92 Å². The van der Waals surface area contributed by atoms with Crippen molar-refractivity contribution in [2.45, 2.75) is 26.4 Å². The molecule has 0 aliphatic heterocycles. The van der Waals surface area contributed by atoms with E-state index in [4.69, 9.17) is 5.11 Å². The number of aromatic nitrogens is 4. The van der Waals surface area contributed by atoms with E-state index in [-0.39, 0.29) is 5.56 Å². The molecule has 0 amide bonds. The Morgan fingerprint density at radius 2 is 2.19 bits per heavy atom. The third kappa shape index (κ3) is 2.65. The highest BCUT2D eigenvalue weighted by molar-refractivity contribution is 5.92. The molecular formula is C15H16N4O2. The van der Waals surface area contributed by atoms with Gasteiger partial charge in [0.25, 0.3) is 0 Å². The Labute approximate surface area is 121 Å². The number of imidazole rings is 1. The number of aryl methyl sites for hydroxylation is 3. The molecule has 0 aliphatic rings. The number of aromatic carboxylic acids is 1. The number of nitrogens with zero attached hydrogens (tertiary/aromatic N) is 4. The molecule has 0 atom stereocenters. The maximum absolute atomic E-state index is 11.1. The summed E-state index contributed by atoms with van der Waals surface area (Å²) < 4.78 is 3.95. The molecule has 0 bridgehead atoms. The van der Waals surface area contributed by atoms with E-state index in [1.54, 1.807) is 24.4 Å². The van der Waals surface area contributed by atoms with Crippen molar-refractivity contribution in [1.29, 1.82) is 0 Å². The maximum Gasteiger partial charge on any atom is 0.335 e. The van der Waals surface area contributed by atoms with E-state index in [0.717, 1.165) is 36.4 Å². The van der Waals surface area contributed by atoms with Crippen molar-refractivity contribution in [2.24, 2.45) is 0 Å². The summed E-state index contributed by atoms with van der Waals surface area (Å²) in [6.45, 7) is 3.55. The molecule has 0 unspecified atom stereocenters. The summed E-state index contributed by atoms with van der Waals surface area (Å²) in [4.78, 5) is 15.6. The Bertz CT molecular complexity index is 774. The summed E-state index contributed by atoms with van der Waals surface area (Å²) >= 11 is 0. The van der Waals surface area contributed by atoms with Gasteiger partial charge in [0.15, 0.2) is 0 Å². The number of carboxylic acid groups (broad SMARTS) is 1. The van der Waals surface area contributed by atoms with E-state index < -0.39 is 5.97 Å². The molecule has 1 N–H and O–H groups in total. The first-order valence-electron chi connectivity index (χ1n) is 6.83. The summed E-state index contributed by atoms with van der Waals surface area (Å²) in [5.41, 5.74) is 1.99. The Balaban J connectivity index is 1.84. The molecule has 3 aromatic rings. The Morgan fingerprint density at radius 1 is 1.33 bits per heavy atom. The number of benzene rings is 1. The highest BCUT2D eigenvalue weighted by Gasteiger charge is 2.10. The molecule has 1 aromatic carbocycles. The van der Waals surface area contributed by atoms with Crippen LogP contribution in [-0.2, 0) is 13.1 Å². The van der Waals surface area contributed by atoms with Crippen molar-refractivity contribution in [3.63, 3.8) is 0 Å². The first-order chi connectivity index (χ1) is 10.1. The fourth-order valence-corrected chi connectivity index (χ4v) is 2.48. The minimum atomic E-state index is -0.918. The third-order valence-corrected chi connectivity index (χ3v) is 3.51. The van der Waals surface area contributed by atoms with Crippen LogP contribution in [0.5, 0.6) is 0 Å². The largest absolute Gasteiger partial charge is 0.478 e. The number of hydrogen-bond donors (Lipinski definition) is 1. The third-order valence-electron chi connectivity index (χ3n) is 3.51. The second-order valence-corrected chi connectivity index (χ2v) is 4.94. The second kappa shape index (κ2) is 5.40. The van der Waals surface area contributed by atoms with E-state index in [1.807, 2.05) is 23.9 Å². The van der Waals surface area contributed by atoms with Crippen LogP contribution in [0.2, 0.25) is 0 Å². The van der Waals surface area contributed by atoms with Crippen LogP contribution in [0.25, 0.3) is 11.0 Å². The second-order valence-electron chi connectivity index (χ2n) is 4.94. The van der Waals surface area contributed by atoms with Crippen molar-refractivity contribution < 1.29 is 9.90 Å². The molecule has 0 fully saturated rings.